The minimum absolute atomic E-state index is 0.128. The summed E-state index contributed by atoms with van der Waals surface area (Å²) < 4.78 is 13.4. The van der Waals surface area contributed by atoms with Crippen molar-refractivity contribution in [1.29, 1.82) is 0 Å². The second-order valence-corrected chi connectivity index (χ2v) is 7.42. The molecule has 2 heterocycles. The van der Waals surface area contributed by atoms with Crippen LogP contribution in [0.1, 0.15) is 46.6 Å². The molecule has 30 heavy (non-hydrogen) atoms. The van der Waals surface area contributed by atoms with Crippen LogP contribution in [0.15, 0.2) is 60.8 Å². The number of nitrogens with zero attached hydrogens (tertiary/aromatic N) is 2. The van der Waals surface area contributed by atoms with Crippen LogP contribution in [0.3, 0.4) is 0 Å². The Bertz CT molecular complexity index is 967. The number of benzene rings is 2. The van der Waals surface area contributed by atoms with Crippen molar-refractivity contribution in [3.63, 3.8) is 0 Å². The zero-order valence-corrected chi connectivity index (χ0v) is 17.2. The van der Waals surface area contributed by atoms with E-state index >= 15 is 0 Å². The minimum Gasteiger partial charge on any atom is -0.494 e. The van der Waals surface area contributed by atoms with E-state index in [2.05, 4.69) is 30.6 Å². The normalized spacial score (nSPS) is 15.4. The monoisotopic (exact) mass is 405 g/mol. The van der Waals surface area contributed by atoms with Gasteiger partial charge in [0.25, 0.3) is 5.91 Å². The first-order valence-corrected chi connectivity index (χ1v) is 10.5. The first-order chi connectivity index (χ1) is 14.7. The molecule has 0 spiro atoms. The number of fused-ring (bicyclic) bond motifs is 1. The number of carbonyl (C=O) groups is 1. The summed E-state index contributed by atoms with van der Waals surface area (Å²) in [7, 11) is 0. The van der Waals surface area contributed by atoms with Crippen LogP contribution in [-0.2, 0) is 17.7 Å². The van der Waals surface area contributed by atoms with Crippen LogP contribution in [0.2, 0.25) is 0 Å². The minimum atomic E-state index is -0.234. The largest absolute Gasteiger partial charge is 0.494 e. The fourth-order valence-electron chi connectivity index (χ4n) is 3.55. The van der Waals surface area contributed by atoms with Gasteiger partial charge in [0.15, 0.2) is 0 Å². The van der Waals surface area contributed by atoms with Crippen molar-refractivity contribution < 1.29 is 14.3 Å². The summed E-state index contributed by atoms with van der Waals surface area (Å²) in [6.07, 6.45) is 3.65. The molecule has 0 bridgehead atoms. The Morgan fingerprint density at radius 3 is 2.77 bits per heavy atom. The molecule has 1 N–H and O–H groups in total. The van der Waals surface area contributed by atoms with Crippen LogP contribution in [0.4, 0.5) is 0 Å². The zero-order valence-electron chi connectivity index (χ0n) is 17.2. The molecule has 0 radical (unpaired) electrons. The van der Waals surface area contributed by atoms with E-state index < -0.39 is 0 Å². The van der Waals surface area contributed by atoms with E-state index in [0.717, 1.165) is 30.8 Å². The Kier molecular flexibility index (Phi) is 6.44. The summed E-state index contributed by atoms with van der Waals surface area (Å²) >= 11 is 0. The van der Waals surface area contributed by atoms with Gasteiger partial charge in [-0.2, -0.15) is 5.10 Å². The second kappa shape index (κ2) is 9.59. The molecule has 4 rings (SSSR count). The lowest BCUT2D eigenvalue weighted by atomic mass is 10.1. The Balaban J connectivity index is 1.37. The first kappa shape index (κ1) is 20.2. The lowest BCUT2D eigenvalue weighted by Gasteiger charge is -2.22. The lowest BCUT2D eigenvalue weighted by molar-refractivity contribution is 0.0383. The van der Waals surface area contributed by atoms with Gasteiger partial charge in [-0.15, -0.1) is 0 Å². The van der Waals surface area contributed by atoms with Crippen molar-refractivity contribution in [2.45, 2.75) is 32.4 Å². The van der Waals surface area contributed by atoms with Gasteiger partial charge in [-0.1, -0.05) is 37.3 Å². The summed E-state index contributed by atoms with van der Waals surface area (Å²) in [5.41, 5.74) is 3.91. The summed E-state index contributed by atoms with van der Waals surface area (Å²) in [5.74, 6) is 0.647. The van der Waals surface area contributed by atoms with E-state index in [9.17, 15) is 4.79 Å². The Morgan fingerprint density at radius 2 is 2.00 bits per heavy atom. The van der Waals surface area contributed by atoms with E-state index in [1.54, 1.807) is 12.1 Å². The highest BCUT2D eigenvalue weighted by Gasteiger charge is 2.25. The van der Waals surface area contributed by atoms with Gasteiger partial charge >= 0.3 is 0 Å². The molecular formula is C24H27N3O3. The van der Waals surface area contributed by atoms with E-state index in [1.807, 2.05) is 35.0 Å². The number of ether oxygens (including phenoxy) is 2. The highest BCUT2D eigenvalue weighted by molar-refractivity contribution is 5.94. The van der Waals surface area contributed by atoms with Crippen molar-refractivity contribution >= 4 is 5.91 Å². The molecule has 2 aromatic carbocycles. The fraction of sp³-hybridized carbons (Fsp3) is 0.333. The van der Waals surface area contributed by atoms with Crippen molar-refractivity contribution in [3.8, 4) is 5.75 Å². The Labute approximate surface area is 176 Å². The number of rotatable bonds is 8. The first-order valence-electron chi connectivity index (χ1n) is 10.5. The van der Waals surface area contributed by atoms with Crippen LogP contribution in [0.5, 0.6) is 5.75 Å². The maximum atomic E-state index is 12.5. The topological polar surface area (TPSA) is 65.4 Å². The molecule has 0 fully saturated rings. The van der Waals surface area contributed by atoms with Gasteiger partial charge < -0.3 is 14.8 Å². The average molecular weight is 405 g/mol. The van der Waals surface area contributed by atoms with Crippen LogP contribution in [0.25, 0.3) is 0 Å². The van der Waals surface area contributed by atoms with Crippen molar-refractivity contribution in [3.05, 3.63) is 83.2 Å². The second-order valence-electron chi connectivity index (χ2n) is 7.42. The molecule has 1 atom stereocenters. The maximum Gasteiger partial charge on any atom is 0.251 e. The summed E-state index contributed by atoms with van der Waals surface area (Å²) in [6, 6.07) is 17.5. The number of hydrogen-bond donors (Lipinski definition) is 1. The van der Waals surface area contributed by atoms with Gasteiger partial charge in [-0.25, -0.2) is 0 Å². The van der Waals surface area contributed by atoms with Crippen molar-refractivity contribution in [2.24, 2.45) is 0 Å². The third-order valence-electron chi connectivity index (χ3n) is 5.09. The lowest BCUT2D eigenvalue weighted by Crippen LogP contribution is -2.31. The highest BCUT2D eigenvalue weighted by Crippen LogP contribution is 2.25. The Morgan fingerprint density at radius 1 is 1.20 bits per heavy atom. The summed E-state index contributed by atoms with van der Waals surface area (Å²) in [6.45, 7) is 4.48. The standard InChI is InChI=1S/C24H27N3O3/c1-2-13-29-21-10-8-19(9-11-21)24(28)25-15-22-23-20(12-14-30-22)17-27(26-23)16-18-6-4-3-5-7-18/h3-11,17,22H,2,12-16H2,1H3,(H,25,28). The number of nitrogens with one attached hydrogen (secondary N) is 1. The number of aromatic nitrogens is 2. The van der Waals surface area contributed by atoms with Gasteiger partial charge in [0.2, 0.25) is 0 Å². The molecule has 0 aliphatic carbocycles. The van der Waals surface area contributed by atoms with E-state index in [1.165, 1.54) is 11.1 Å². The molecule has 156 valence electrons. The molecule has 0 saturated heterocycles. The zero-order chi connectivity index (χ0) is 20.8. The number of carbonyl (C=O) groups excluding carboxylic acids is 1. The van der Waals surface area contributed by atoms with Gasteiger partial charge in [0.05, 0.1) is 25.5 Å². The Hall–Kier alpha value is -3.12. The maximum absolute atomic E-state index is 12.5. The smallest absolute Gasteiger partial charge is 0.251 e. The van der Waals surface area contributed by atoms with Crippen molar-refractivity contribution in [2.75, 3.05) is 19.8 Å². The van der Waals surface area contributed by atoms with Gasteiger partial charge in [0.1, 0.15) is 11.9 Å². The van der Waals surface area contributed by atoms with Gasteiger partial charge in [-0.3, -0.25) is 9.48 Å². The van der Waals surface area contributed by atoms with E-state index in [4.69, 9.17) is 14.6 Å². The SMILES string of the molecule is CCCOc1ccc(C(=O)NCC2OCCc3cn(Cc4ccccc4)nc32)cc1. The molecule has 6 heteroatoms. The third-order valence-corrected chi connectivity index (χ3v) is 5.09. The van der Waals surface area contributed by atoms with Crippen LogP contribution in [-0.4, -0.2) is 35.4 Å². The number of amides is 1. The average Bonchev–Trinajstić information content (AvgIpc) is 3.20. The van der Waals surface area contributed by atoms with Crippen molar-refractivity contribution in [1.82, 2.24) is 15.1 Å². The molecule has 3 aromatic rings. The summed E-state index contributed by atoms with van der Waals surface area (Å²) in [4.78, 5) is 12.5. The molecule has 6 nitrogen and oxygen atoms in total. The molecule has 1 amide bonds. The highest BCUT2D eigenvalue weighted by atomic mass is 16.5. The molecule has 1 aromatic heterocycles. The predicted molar refractivity (Wildman–Crippen MR) is 115 cm³/mol. The number of hydrogen-bond acceptors (Lipinski definition) is 4. The van der Waals surface area contributed by atoms with Crippen LogP contribution < -0.4 is 10.1 Å². The van der Waals surface area contributed by atoms with Gasteiger partial charge in [0, 0.05) is 18.3 Å². The van der Waals surface area contributed by atoms with Crippen LogP contribution in [0, 0.1) is 0 Å². The van der Waals surface area contributed by atoms with E-state index in [-0.39, 0.29) is 12.0 Å². The molecule has 0 saturated carbocycles. The molecule has 1 aliphatic heterocycles. The molecule has 1 unspecified atom stereocenters. The van der Waals surface area contributed by atoms with E-state index in [0.29, 0.717) is 25.3 Å². The third kappa shape index (κ3) is 4.89. The quantitative estimate of drug-likeness (QED) is 0.620. The molecular weight excluding hydrogens is 378 g/mol. The fourth-order valence-corrected chi connectivity index (χ4v) is 3.55. The van der Waals surface area contributed by atoms with Gasteiger partial charge in [-0.05, 0) is 48.2 Å². The van der Waals surface area contributed by atoms with Crippen LogP contribution >= 0.6 is 0 Å². The predicted octanol–water partition coefficient (Wildman–Crippen LogP) is 3.76. The summed E-state index contributed by atoms with van der Waals surface area (Å²) in [5, 5.41) is 7.72. The molecule has 1 aliphatic rings.